The minimum atomic E-state index is -0.335. The molecule has 6 heteroatoms. The number of amides is 2. The van der Waals surface area contributed by atoms with Crippen LogP contribution in [-0.4, -0.2) is 18.4 Å². The van der Waals surface area contributed by atoms with Crippen molar-refractivity contribution in [1.82, 2.24) is 5.32 Å². The molecule has 5 nitrogen and oxygen atoms in total. The van der Waals surface area contributed by atoms with Crippen molar-refractivity contribution in [1.29, 1.82) is 0 Å². The molecule has 0 fully saturated rings. The average molecular weight is 404 g/mol. The zero-order chi connectivity index (χ0) is 20.9. The lowest BCUT2D eigenvalue weighted by Gasteiger charge is -2.25. The number of ether oxygens (including phenoxy) is 1. The number of anilines is 1. The Kier molecular flexibility index (Phi) is 5.75. The van der Waals surface area contributed by atoms with Gasteiger partial charge in [0.1, 0.15) is 18.2 Å². The lowest BCUT2D eigenvalue weighted by Crippen LogP contribution is -2.37. The first-order valence-electron chi connectivity index (χ1n) is 9.73. The van der Waals surface area contributed by atoms with Gasteiger partial charge in [-0.25, -0.2) is 4.39 Å². The Morgan fingerprint density at radius 3 is 2.53 bits per heavy atom. The van der Waals surface area contributed by atoms with Crippen LogP contribution in [-0.2, 0) is 17.8 Å². The first kappa shape index (κ1) is 19.6. The fraction of sp³-hybridized carbons (Fsp3) is 0.167. The van der Waals surface area contributed by atoms with Crippen molar-refractivity contribution in [2.24, 2.45) is 5.92 Å². The number of halogens is 1. The molecule has 1 heterocycles. The molecule has 2 N–H and O–H groups in total. The summed E-state index contributed by atoms with van der Waals surface area (Å²) in [4.78, 5) is 24.9. The number of fused-ring (bicyclic) bond motifs is 1. The maximum Gasteiger partial charge on any atom is 0.255 e. The summed E-state index contributed by atoms with van der Waals surface area (Å²) >= 11 is 0. The number of carbonyl (C=O) groups excluding carboxylic acids is 2. The Hall–Kier alpha value is -3.67. The molecule has 152 valence electrons. The molecule has 3 aromatic carbocycles. The van der Waals surface area contributed by atoms with E-state index in [-0.39, 0.29) is 30.2 Å². The first-order valence-corrected chi connectivity index (χ1v) is 9.73. The molecule has 1 unspecified atom stereocenters. The highest BCUT2D eigenvalue weighted by atomic mass is 19.1. The quantitative estimate of drug-likeness (QED) is 0.677. The second-order valence-corrected chi connectivity index (χ2v) is 7.20. The number of hydrogen-bond acceptors (Lipinski definition) is 3. The molecule has 3 aromatic rings. The maximum atomic E-state index is 13.0. The molecule has 2 amide bonds. The molecule has 0 aromatic heterocycles. The van der Waals surface area contributed by atoms with E-state index in [1.165, 1.54) is 12.1 Å². The zero-order valence-corrected chi connectivity index (χ0v) is 16.2. The Bertz CT molecular complexity index is 1050. The second kappa shape index (κ2) is 8.78. The number of carbonyl (C=O) groups is 2. The highest BCUT2D eigenvalue weighted by Crippen LogP contribution is 2.30. The molecule has 30 heavy (non-hydrogen) atoms. The summed E-state index contributed by atoms with van der Waals surface area (Å²) in [5, 5.41) is 5.75. The van der Waals surface area contributed by atoms with E-state index in [0.717, 1.165) is 16.9 Å². The van der Waals surface area contributed by atoms with Gasteiger partial charge in [0.25, 0.3) is 5.91 Å². The van der Waals surface area contributed by atoms with Crippen molar-refractivity contribution in [3.05, 3.63) is 95.3 Å². The fourth-order valence-corrected chi connectivity index (χ4v) is 3.37. The van der Waals surface area contributed by atoms with Gasteiger partial charge in [0.15, 0.2) is 0 Å². The first-order chi connectivity index (χ1) is 14.6. The molecule has 1 aliphatic rings. The molecular formula is C24H21FN2O3. The largest absolute Gasteiger partial charge is 0.492 e. The third-order valence-corrected chi connectivity index (χ3v) is 5.01. The Labute approximate surface area is 173 Å². The SMILES string of the molecule is O=C(Nc1ccc2c(c1)CC(C(=O)NCc1ccc(F)cc1)CO2)c1ccccc1. The van der Waals surface area contributed by atoms with Crippen molar-refractivity contribution in [3.8, 4) is 5.75 Å². The van der Waals surface area contributed by atoms with Crippen LogP contribution in [0.4, 0.5) is 10.1 Å². The molecule has 1 aliphatic heterocycles. The number of nitrogens with one attached hydrogen (secondary N) is 2. The van der Waals surface area contributed by atoms with Gasteiger partial charge in [0.05, 0.1) is 5.92 Å². The minimum absolute atomic E-state index is 0.122. The molecule has 0 bridgehead atoms. The minimum Gasteiger partial charge on any atom is -0.492 e. The maximum absolute atomic E-state index is 13.0. The van der Waals surface area contributed by atoms with Gasteiger partial charge < -0.3 is 15.4 Å². The summed E-state index contributed by atoms with van der Waals surface area (Å²) in [5.74, 6) is -0.240. The van der Waals surface area contributed by atoms with E-state index in [2.05, 4.69) is 10.6 Å². The van der Waals surface area contributed by atoms with E-state index in [9.17, 15) is 14.0 Å². The Morgan fingerprint density at radius 1 is 1.00 bits per heavy atom. The standard InChI is InChI=1S/C24H21FN2O3/c25-20-8-6-16(7-9-20)14-26-23(28)19-12-18-13-21(10-11-22(18)30-15-19)27-24(29)17-4-2-1-3-5-17/h1-11,13,19H,12,14-15H2,(H,26,28)(H,27,29). The van der Waals surface area contributed by atoms with Gasteiger partial charge in [-0.05, 0) is 60.0 Å². The molecule has 4 rings (SSSR count). The van der Waals surface area contributed by atoms with Crippen LogP contribution in [0.2, 0.25) is 0 Å². The van der Waals surface area contributed by atoms with E-state index in [1.54, 1.807) is 30.3 Å². The van der Waals surface area contributed by atoms with Crippen molar-refractivity contribution in [2.45, 2.75) is 13.0 Å². The summed E-state index contributed by atoms with van der Waals surface area (Å²) in [5.41, 5.74) is 2.92. The van der Waals surface area contributed by atoms with Gasteiger partial charge in [-0.3, -0.25) is 9.59 Å². The fourth-order valence-electron chi connectivity index (χ4n) is 3.37. The highest BCUT2D eigenvalue weighted by molar-refractivity contribution is 6.04. The van der Waals surface area contributed by atoms with Crippen LogP contribution < -0.4 is 15.4 Å². The van der Waals surface area contributed by atoms with Crippen molar-refractivity contribution in [2.75, 3.05) is 11.9 Å². The van der Waals surface area contributed by atoms with Gasteiger partial charge in [0, 0.05) is 17.8 Å². The van der Waals surface area contributed by atoms with Gasteiger partial charge in [-0.1, -0.05) is 30.3 Å². The third kappa shape index (κ3) is 4.66. The molecule has 0 saturated heterocycles. The summed E-state index contributed by atoms with van der Waals surface area (Å²) < 4.78 is 18.7. The number of rotatable bonds is 5. The Balaban J connectivity index is 1.38. The zero-order valence-electron chi connectivity index (χ0n) is 16.2. The lowest BCUT2D eigenvalue weighted by atomic mass is 9.95. The average Bonchev–Trinajstić information content (AvgIpc) is 2.78. The normalized spacial score (nSPS) is 14.9. The van der Waals surface area contributed by atoms with Crippen molar-refractivity contribution in [3.63, 3.8) is 0 Å². The van der Waals surface area contributed by atoms with Crippen LogP contribution in [0.5, 0.6) is 5.75 Å². The molecule has 0 spiro atoms. The summed E-state index contributed by atoms with van der Waals surface area (Å²) in [6, 6.07) is 20.4. The lowest BCUT2D eigenvalue weighted by molar-refractivity contribution is -0.126. The number of hydrogen-bond donors (Lipinski definition) is 2. The van der Waals surface area contributed by atoms with Gasteiger partial charge >= 0.3 is 0 Å². The van der Waals surface area contributed by atoms with Crippen LogP contribution in [0.1, 0.15) is 21.5 Å². The summed E-state index contributed by atoms with van der Waals surface area (Å²) in [6.45, 7) is 0.619. The summed E-state index contributed by atoms with van der Waals surface area (Å²) in [7, 11) is 0. The van der Waals surface area contributed by atoms with E-state index in [4.69, 9.17) is 4.74 Å². The van der Waals surface area contributed by atoms with Crippen LogP contribution in [0.25, 0.3) is 0 Å². The molecule has 0 aliphatic carbocycles. The van der Waals surface area contributed by atoms with Gasteiger partial charge in [-0.2, -0.15) is 0 Å². The second-order valence-electron chi connectivity index (χ2n) is 7.20. The third-order valence-electron chi connectivity index (χ3n) is 5.01. The van der Waals surface area contributed by atoms with E-state index < -0.39 is 0 Å². The molecule has 0 radical (unpaired) electrons. The highest BCUT2D eigenvalue weighted by Gasteiger charge is 2.26. The number of benzene rings is 3. The van der Waals surface area contributed by atoms with Crippen molar-refractivity contribution < 1.29 is 18.7 Å². The van der Waals surface area contributed by atoms with Crippen LogP contribution >= 0.6 is 0 Å². The molecular weight excluding hydrogens is 383 g/mol. The Morgan fingerprint density at radius 2 is 1.77 bits per heavy atom. The van der Waals surface area contributed by atoms with E-state index in [1.807, 2.05) is 30.3 Å². The van der Waals surface area contributed by atoms with Gasteiger partial charge in [0.2, 0.25) is 5.91 Å². The van der Waals surface area contributed by atoms with Gasteiger partial charge in [-0.15, -0.1) is 0 Å². The predicted molar refractivity (Wildman–Crippen MR) is 112 cm³/mol. The van der Waals surface area contributed by atoms with Crippen LogP contribution in [0.15, 0.2) is 72.8 Å². The molecule has 0 saturated carbocycles. The smallest absolute Gasteiger partial charge is 0.255 e. The topological polar surface area (TPSA) is 67.4 Å². The van der Waals surface area contributed by atoms with Crippen LogP contribution in [0, 0.1) is 11.7 Å². The monoisotopic (exact) mass is 404 g/mol. The van der Waals surface area contributed by atoms with E-state index in [0.29, 0.717) is 24.2 Å². The van der Waals surface area contributed by atoms with Crippen LogP contribution in [0.3, 0.4) is 0 Å². The van der Waals surface area contributed by atoms with Crippen molar-refractivity contribution >= 4 is 17.5 Å². The predicted octanol–water partition coefficient (Wildman–Crippen LogP) is 3.95. The summed E-state index contributed by atoms with van der Waals surface area (Å²) in [6.07, 6.45) is 0.514. The van der Waals surface area contributed by atoms with E-state index >= 15 is 0 Å². The molecule has 1 atom stereocenters.